The summed E-state index contributed by atoms with van der Waals surface area (Å²) in [5, 5.41) is -1.40. The second kappa shape index (κ2) is 3.24. The van der Waals surface area contributed by atoms with Gasteiger partial charge in [0.05, 0.1) is 11.8 Å². The van der Waals surface area contributed by atoms with Crippen LogP contribution < -0.4 is 0 Å². The molecule has 0 aromatic rings. The third-order valence-electron chi connectivity index (χ3n) is 1.11. The smallest absolute Gasteiger partial charge is 0.294 e. The maximum Gasteiger partial charge on any atom is 0.294 e. The van der Waals surface area contributed by atoms with Crippen LogP contribution in [-0.2, 0) is 14.5 Å². The van der Waals surface area contributed by atoms with E-state index in [1.54, 1.807) is 6.92 Å². The first-order chi connectivity index (χ1) is 5.04. The Balaban J connectivity index is 2.58. The van der Waals surface area contributed by atoms with Crippen LogP contribution in [0.5, 0.6) is 0 Å². The molecule has 3 nitrogen and oxygen atoms in total. The Hall–Kier alpha value is 0.750. The molecule has 66 valence electrons. The molecule has 0 saturated carbocycles. The van der Waals surface area contributed by atoms with E-state index in [2.05, 4.69) is 4.89 Å². The molecule has 6 heteroatoms. The molecule has 0 N–H and O–H groups in total. The first kappa shape index (κ1) is 9.84. The predicted molar refractivity (Wildman–Crippen MR) is 41.7 cm³/mol. The number of ether oxygens (including phenoxy) is 1. The highest BCUT2D eigenvalue weighted by Crippen LogP contribution is 2.36. The van der Waals surface area contributed by atoms with Crippen molar-refractivity contribution in [2.24, 2.45) is 0 Å². The van der Waals surface area contributed by atoms with E-state index in [9.17, 15) is 0 Å². The lowest BCUT2D eigenvalue weighted by atomic mass is 10.4. The molecule has 0 aliphatic carbocycles. The van der Waals surface area contributed by atoms with Gasteiger partial charge in [0.15, 0.2) is 0 Å². The van der Waals surface area contributed by atoms with Gasteiger partial charge < -0.3 is 0 Å². The summed E-state index contributed by atoms with van der Waals surface area (Å²) in [4.78, 5) is 9.35. The molecule has 1 fully saturated rings. The molecule has 1 aliphatic heterocycles. The summed E-state index contributed by atoms with van der Waals surface area (Å²) in [6, 6.07) is 0. The average molecular weight is 221 g/mol. The van der Waals surface area contributed by atoms with Crippen molar-refractivity contribution in [3.8, 4) is 0 Å². The standard InChI is InChI=1S/C5H7Cl3O3/c1-4(2-6)9-5(8,3-7)11-10-4/h2-3H2,1H3/t4-,5+/m1/s1. The van der Waals surface area contributed by atoms with Crippen molar-refractivity contribution >= 4 is 34.8 Å². The maximum atomic E-state index is 5.66. The summed E-state index contributed by atoms with van der Waals surface area (Å²) < 4.78 is 5.09. The lowest BCUT2D eigenvalue weighted by molar-refractivity contribution is -0.324. The van der Waals surface area contributed by atoms with Gasteiger partial charge in [0, 0.05) is 0 Å². The molecule has 0 bridgehead atoms. The van der Waals surface area contributed by atoms with Gasteiger partial charge in [-0.3, -0.25) is 4.74 Å². The summed E-state index contributed by atoms with van der Waals surface area (Å²) in [6.07, 6.45) is 0. The number of alkyl halides is 3. The zero-order chi connectivity index (χ0) is 8.54. The number of hydrogen-bond donors (Lipinski definition) is 0. The normalized spacial score (nSPS) is 44.7. The number of rotatable bonds is 2. The van der Waals surface area contributed by atoms with Gasteiger partial charge in [-0.25, -0.2) is 0 Å². The zero-order valence-electron chi connectivity index (χ0n) is 5.77. The van der Waals surface area contributed by atoms with Gasteiger partial charge in [-0.15, -0.1) is 23.2 Å². The van der Waals surface area contributed by atoms with Crippen LogP contribution in [0.3, 0.4) is 0 Å². The largest absolute Gasteiger partial charge is 0.298 e. The zero-order valence-corrected chi connectivity index (χ0v) is 8.04. The lowest BCUT2D eigenvalue weighted by Gasteiger charge is -2.17. The molecule has 11 heavy (non-hydrogen) atoms. The second-order valence-corrected chi connectivity index (χ2v) is 3.44. The summed E-state index contributed by atoms with van der Waals surface area (Å²) in [5.74, 6) is -0.905. The third-order valence-corrected chi connectivity index (χ3v) is 2.36. The van der Waals surface area contributed by atoms with Crippen molar-refractivity contribution in [2.75, 3.05) is 11.8 Å². The summed E-state index contributed by atoms with van der Waals surface area (Å²) >= 11 is 16.6. The Morgan fingerprint density at radius 3 is 2.09 bits per heavy atom. The molecule has 1 aliphatic rings. The molecular formula is C5H7Cl3O3. The van der Waals surface area contributed by atoms with Crippen LogP contribution in [0.25, 0.3) is 0 Å². The van der Waals surface area contributed by atoms with E-state index in [0.29, 0.717) is 0 Å². The second-order valence-electron chi connectivity index (χ2n) is 2.33. The van der Waals surface area contributed by atoms with E-state index in [-0.39, 0.29) is 11.8 Å². The molecule has 1 saturated heterocycles. The Labute approximate surface area is 79.4 Å². The lowest BCUT2D eigenvalue weighted by Crippen LogP contribution is -2.33. The maximum absolute atomic E-state index is 5.66. The van der Waals surface area contributed by atoms with Gasteiger partial charge >= 0.3 is 0 Å². The molecule has 2 atom stereocenters. The molecule has 0 aromatic heterocycles. The third kappa shape index (κ3) is 2.11. The fraction of sp³-hybridized carbons (Fsp3) is 1.00. The minimum Gasteiger partial charge on any atom is -0.298 e. The summed E-state index contributed by atoms with van der Waals surface area (Å²) in [5.41, 5.74) is 0. The van der Waals surface area contributed by atoms with Gasteiger partial charge in [0.2, 0.25) is 5.79 Å². The Morgan fingerprint density at radius 2 is 1.82 bits per heavy atom. The summed E-state index contributed by atoms with van der Waals surface area (Å²) in [7, 11) is 0. The molecule has 1 heterocycles. The molecule has 0 radical (unpaired) electrons. The van der Waals surface area contributed by atoms with Crippen molar-refractivity contribution < 1.29 is 14.5 Å². The van der Waals surface area contributed by atoms with E-state index in [4.69, 9.17) is 44.4 Å². The van der Waals surface area contributed by atoms with Crippen LogP contribution in [-0.4, -0.2) is 22.8 Å². The van der Waals surface area contributed by atoms with Gasteiger partial charge in [0.25, 0.3) is 5.25 Å². The highest BCUT2D eigenvalue weighted by molar-refractivity contribution is 6.29. The van der Waals surface area contributed by atoms with Crippen molar-refractivity contribution in [2.45, 2.75) is 18.0 Å². The van der Waals surface area contributed by atoms with Gasteiger partial charge in [-0.05, 0) is 6.92 Å². The average Bonchev–Trinajstić information content (AvgIpc) is 2.30. The van der Waals surface area contributed by atoms with Crippen LogP contribution in [0.1, 0.15) is 6.92 Å². The molecule has 0 aromatic carbocycles. The molecule has 0 unspecified atom stereocenters. The minimum absolute atomic E-state index is 0.0268. The summed E-state index contributed by atoms with van der Waals surface area (Å²) in [6.45, 7) is 1.61. The van der Waals surface area contributed by atoms with Crippen LogP contribution in [0, 0.1) is 0 Å². The van der Waals surface area contributed by atoms with Crippen LogP contribution >= 0.6 is 34.8 Å². The van der Waals surface area contributed by atoms with Crippen molar-refractivity contribution in [1.29, 1.82) is 0 Å². The minimum atomic E-state index is -1.40. The molecule has 0 amide bonds. The molecular weight excluding hydrogens is 214 g/mol. The van der Waals surface area contributed by atoms with E-state index in [1.165, 1.54) is 0 Å². The van der Waals surface area contributed by atoms with Crippen molar-refractivity contribution in [3.05, 3.63) is 0 Å². The van der Waals surface area contributed by atoms with Gasteiger partial charge in [0.1, 0.15) is 0 Å². The van der Waals surface area contributed by atoms with Gasteiger partial charge in [-0.1, -0.05) is 11.6 Å². The predicted octanol–water partition coefficient (Wildman–Crippen LogP) is 2.05. The van der Waals surface area contributed by atoms with E-state index < -0.39 is 11.0 Å². The fourth-order valence-corrected chi connectivity index (χ4v) is 0.999. The van der Waals surface area contributed by atoms with Crippen LogP contribution in [0.2, 0.25) is 0 Å². The fourth-order valence-electron chi connectivity index (χ4n) is 0.606. The van der Waals surface area contributed by atoms with Crippen LogP contribution in [0.15, 0.2) is 0 Å². The number of halogens is 3. The van der Waals surface area contributed by atoms with E-state index >= 15 is 0 Å². The molecule has 1 rings (SSSR count). The number of hydrogen-bond acceptors (Lipinski definition) is 3. The van der Waals surface area contributed by atoms with Crippen molar-refractivity contribution in [3.63, 3.8) is 0 Å². The first-order valence-corrected chi connectivity index (χ1v) is 4.36. The van der Waals surface area contributed by atoms with Crippen LogP contribution in [0.4, 0.5) is 0 Å². The quantitative estimate of drug-likeness (QED) is 0.528. The highest BCUT2D eigenvalue weighted by Gasteiger charge is 2.48. The topological polar surface area (TPSA) is 27.7 Å². The van der Waals surface area contributed by atoms with E-state index in [0.717, 1.165) is 0 Å². The molecule has 0 spiro atoms. The van der Waals surface area contributed by atoms with Crippen molar-refractivity contribution in [1.82, 2.24) is 0 Å². The Bertz CT molecular complexity index is 140. The monoisotopic (exact) mass is 220 g/mol. The van der Waals surface area contributed by atoms with E-state index in [1.807, 2.05) is 0 Å². The highest BCUT2D eigenvalue weighted by atomic mass is 35.5. The van der Waals surface area contributed by atoms with Gasteiger partial charge in [-0.2, -0.15) is 9.78 Å². The SMILES string of the molecule is C[C@]1(CCl)OO[C@](Cl)(CCl)O1. The Morgan fingerprint density at radius 1 is 1.18 bits per heavy atom. The first-order valence-electron chi connectivity index (χ1n) is 2.91. The Kier molecular flexibility index (Phi) is 2.90.